The number of carbonyl (C=O) groups excluding carboxylic acids is 1. The van der Waals surface area contributed by atoms with Crippen molar-refractivity contribution in [3.05, 3.63) is 82.1 Å². The molecule has 1 N–H and O–H groups in total. The molecule has 1 amide bonds. The molecule has 0 aliphatic carbocycles. The zero-order chi connectivity index (χ0) is 25.7. The van der Waals surface area contributed by atoms with Crippen molar-refractivity contribution in [1.29, 1.82) is 0 Å². The van der Waals surface area contributed by atoms with E-state index in [0.717, 1.165) is 21.9 Å². The molecular formula is C24H23F3N6O3. The quantitative estimate of drug-likeness (QED) is 0.439. The molecule has 1 fully saturated rings. The lowest BCUT2D eigenvalue weighted by Gasteiger charge is -2.41. The molecule has 1 aromatic carbocycles. The van der Waals surface area contributed by atoms with E-state index in [4.69, 9.17) is 4.74 Å². The smallest absolute Gasteiger partial charge is 0.379 e. The molecule has 0 radical (unpaired) electrons. The van der Waals surface area contributed by atoms with Gasteiger partial charge in [-0.15, -0.1) is 10.2 Å². The third-order valence-corrected chi connectivity index (χ3v) is 6.47. The lowest BCUT2D eigenvalue weighted by atomic mass is 9.75. The summed E-state index contributed by atoms with van der Waals surface area (Å²) in [5.41, 5.74) is -0.783. The summed E-state index contributed by atoms with van der Waals surface area (Å²) >= 11 is 0. The zero-order valence-electron chi connectivity index (χ0n) is 19.5. The van der Waals surface area contributed by atoms with E-state index in [1.165, 1.54) is 23.9 Å². The number of fused-ring (bicyclic) bond motifs is 1. The van der Waals surface area contributed by atoms with Crippen molar-refractivity contribution in [3.8, 4) is 5.69 Å². The van der Waals surface area contributed by atoms with Crippen molar-refractivity contribution < 1.29 is 22.7 Å². The first-order valence-electron chi connectivity index (χ1n) is 11.2. The highest BCUT2D eigenvalue weighted by molar-refractivity contribution is 5.72. The van der Waals surface area contributed by atoms with E-state index >= 15 is 0 Å². The molecular weight excluding hydrogens is 477 g/mol. The first kappa shape index (κ1) is 23.8. The maximum Gasteiger partial charge on any atom is 0.418 e. The van der Waals surface area contributed by atoms with E-state index in [1.807, 2.05) is 17.7 Å². The van der Waals surface area contributed by atoms with Crippen LogP contribution in [0.15, 0.2) is 53.8 Å². The fourth-order valence-electron chi connectivity index (χ4n) is 4.46. The van der Waals surface area contributed by atoms with Gasteiger partial charge in [0.1, 0.15) is 12.2 Å². The summed E-state index contributed by atoms with van der Waals surface area (Å²) in [5, 5.41) is 10.6. The third-order valence-electron chi connectivity index (χ3n) is 6.47. The standard InChI is InChI=1S/C24H23F3N6O3/c1-15(34)28-9-16-6-19(24(25,26)27)20-11-32(22(35)33(20)10-16)18-5-3-4-17(7-18)23(12-36-13-23)8-21-30-29-14-31(21)2/h3-7,10-11,14H,8-9,12-13H2,1-2H3,(H,28,34). The van der Waals surface area contributed by atoms with Crippen LogP contribution in [0.5, 0.6) is 0 Å². The Morgan fingerprint density at radius 3 is 2.61 bits per heavy atom. The maximum atomic E-state index is 13.9. The number of rotatable bonds is 6. The number of amides is 1. The van der Waals surface area contributed by atoms with Gasteiger partial charge in [0.05, 0.1) is 30.0 Å². The van der Waals surface area contributed by atoms with Gasteiger partial charge in [0, 0.05) is 44.7 Å². The molecule has 4 aromatic rings. The van der Waals surface area contributed by atoms with E-state index in [9.17, 15) is 22.8 Å². The molecule has 5 rings (SSSR count). The fourth-order valence-corrected chi connectivity index (χ4v) is 4.46. The Kier molecular flexibility index (Phi) is 5.70. The summed E-state index contributed by atoms with van der Waals surface area (Å²) in [6.07, 6.45) is -0.00693. The van der Waals surface area contributed by atoms with Gasteiger partial charge >= 0.3 is 11.9 Å². The number of carbonyl (C=O) groups is 1. The van der Waals surface area contributed by atoms with Crippen LogP contribution in [-0.2, 0) is 41.1 Å². The van der Waals surface area contributed by atoms with Gasteiger partial charge in [-0.2, -0.15) is 13.2 Å². The van der Waals surface area contributed by atoms with Crippen molar-refractivity contribution >= 4 is 11.4 Å². The van der Waals surface area contributed by atoms with Crippen LogP contribution in [0.1, 0.15) is 29.4 Å². The van der Waals surface area contributed by atoms with Crippen molar-refractivity contribution in [2.75, 3.05) is 13.2 Å². The Hall–Kier alpha value is -3.93. The van der Waals surface area contributed by atoms with Gasteiger partial charge in [0.2, 0.25) is 5.91 Å². The van der Waals surface area contributed by atoms with Crippen molar-refractivity contribution in [2.24, 2.45) is 7.05 Å². The van der Waals surface area contributed by atoms with E-state index in [1.54, 1.807) is 24.5 Å². The number of ether oxygens (including phenoxy) is 1. The number of nitrogens with zero attached hydrogens (tertiary/aromatic N) is 5. The number of hydrogen-bond donors (Lipinski definition) is 1. The Morgan fingerprint density at radius 1 is 1.22 bits per heavy atom. The zero-order valence-corrected chi connectivity index (χ0v) is 19.5. The Balaban J connectivity index is 1.59. The van der Waals surface area contributed by atoms with Crippen molar-refractivity contribution in [1.82, 2.24) is 29.0 Å². The molecule has 1 aliphatic rings. The molecule has 9 nitrogen and oxygen atoms in total. The Morgan fingerprint density at radius 2 is 2.00 bits per heavy atom. The topological polar surface area (TPSA) is 95.5 Å². The molecule has 0 spiro atoms. The van der Waals surface area contributed by atoms with Crippen molar-refractivity contribution in [2.45, 2.75) is 31.5 Å². The van der Waals surface area contributed by atoms with E-state index in [0.29, 0.717) is 25.3 Å². The van der Waals surface area contributed by atoms with Crippen LogP contribution in [-0.4, -0.2) is 42.9 Å². The minimum atomic E-state index is -4.69. The molecule has 1 saturated heterocycles. The molecule has 12 heteroatoms. The van der Waals surface area contributed by atoms with Crippen LogP contribution < -0.4 is 11.0 Å². The fraction of sp³-hybridized carbons (Fsp3) is 0.333. The van der Waals surface area contributed by atoms with Gasteiger partial charge in [-0.05, 0) is 29.3 Å². The van der Waals surface area contributed by atoms with Crippen LogP contribution in [0.25, 0.3) is 11.2 Å². The Bertz CT molecular complexity index is 1510. The van der Waals surface area contributed by atoms with E-state index in [-0.39, 0.29) is 28.9 Å². The number of alkyl halides is 3. The highest BCUT2D eigenvalue weighted by Gasteiger charge is 2.42. The average molecular weight is 500 g/mol. The van der Waals surface area contributed by atoms with Crippen LogP contribution in [0.2, 0.25) is 0 Å². The average Bonchev–Trinajstić information content (AvgIpc) is 3.36. The van der Waals surface area contributed by atoms with Gasteiger partial charge in [0.25, 0.3) is 0 Å². The van der Waals surface area contributed by atoms with Gasteiger partial charge < -0.3 is 14.6 Å². The molecule has 0 atom stereocenters. The van der Waals surface area contributed by atoms with Gasteiger partial charge in [-0.25, -0.2) is 4.79 Å². The summed E-state index contributed by atoms with van der Waals surface area (Å²) in [6, 6.07) is 8.10. The highest BCUT2D eigenvalue weighted by Crippen LogP contribution is 2.37. The number of imidazole rings is 1. The molecule has 3 aromatic heterocycles. The SMILES string of the molecule is CC(=O)NCc1cc(C(F)(F)F)c2cn(-c3cccc(C4(Cc5nncn5C)COC4)c3)c(=O)n2c1. The maximum absolute atomic E-state index is 13.9. The lowest BCUT2D eigenvalue weighted by molar-refractivity contribution is -0.136. The first-order chi connectivity index (χ1) is 17.1. The number of hydrogen-bond acceptors (Lipinski definition) is 5. The summed E-state index contributed by atoms with van der Waals surface area (Å²) in [5.74, 6) is 0.387. The lowest BCUT2D eigenvalue weighted by Crippen LogP contribution is -2.49. The number of aryl methyl sites for hydroxylation is 1. The third kappa shape index (κ3) is 4.17. The first-order valence-corrected chi connectivity index (χ1v) is 11.2. The molecule has 1 aliphatic heterocycles. The molecule has 4 heterocycles. The monoisotopic (exact) mass is 500 g/mol. The van der Waals surface area contributed by atoms with Crippen LogP contribution in [0.3, 0.4) is 0 Å². The molecule has 188 valence electrons. The number of nitrogens with one attached hydrogen (secondary N) is 1. The van der Waals surface area contributed by atoms with Gasteiger partial charge in [0.15, 0.2) is 0 Å². The second-order valence-electron chi connectivity index (χ2n) is 9.06. The van der Waals surface area contributed by atoms with Crippen LogP contribution >= 0.6 is 0 Å². The number of halogens is 3. The summed E-state index contributed by atoms with van der Waals surface area (Å²) in [7, 11) is 1.85. The number of pyridine rings is 1. The number of benzene rings is 1. The highest BCUT2D eigenvalue weighted by atomic mass is 19.4. The normalized spacial score (nSPS) is 15.1. The van der Waals surface area contributed by atoms with Crippen LogP contribution in [0, 0.1) is 0 Å². The summed E-state index contributed by atoms with van der Waals surface area (Å²) in [6.45, 7) is 2.02. The Labute approximate surface area is 203 Å². The van der Waals surface area contributed by atoms with Gasteiger partial charge in [-0.3, -0.25) is 13.8 Å². The second kappa shape index (κ2) is 8.63. The molecule has 0 bridgehead atoms. The second-order valence-corrected chi connectivity index (χ2v) is 9.06. The molecule has 36 heavy (non-hydrogen) atoms. The predicted molar refractivity (Wildman–Crippen MR) is 123 cm³/mol. The molecule has 0 unspecified atom stereocenters. The molecule has 0 saturated carbocycles. The van der Waals surface area contributed by atoms with Crippen LogP contribution in [0.4, 0.5) is 13.2 Å². The van der Waals surface area contributed by atoms with Gasteiger partial charge in [-0.1, -0.05) is 12.1 Å². The van der Waals surface area contributed by atoms with E-state index in [2.05, 4.69) is 15.5 Å². The predicted octanol–water partition coefficient (Wildman–Crippen LogP) is 2.38. The minimum absolute atomic E-state index is 0.133. The van der Waals surface area contributed by atoms with Crippen molar-refractivity contribution in [3.63, 3.8) is 0 Å². The van der Waals surface area contributed by atoms with E-state index < -0.39 is 17.4 Å². The summed E-state index contributed by atoms with van der Waals surface area (Å²) < 4.78 is 51.2. The number of aromatic nitrogens is 5. The minimum Gasteiger partial charge on any atom is -0.379 e. The largest absolute Gasteiger partial charge is 0.418 e. The summed E-state index contributed by atoms with van der Waals surface area (Å²) in [4.78, 5) is 24.5.